The number of methoxy groups -OCH3 is 1. The van der Waals surface area contributed by atoms with Gasteiger partial charge >= 0.3 is 0 Å². The molecule has 3 N–H and O–H groups in total. The standard InChI is InChI=1S/C61H58F4N12O4/c1-32-18-35(27-67-33(2)34(3)79-4)19-49-55(32)80-59(72-49)51-22-38(20-47(70-51)36-6-7-36)43-12-10-41(62)25-45(43)57-74-68-30-76(57)16-17-77-31-69-75-58(77)46-26-42(63)11-13-44(46)39-21-48(37-8-9-37)71-52(23-39)60-73-50-24-40(53(64)54(65)56(50)81-60)28-66-29-61(78)14-5-15-61/h10-13,18-26,30-31,33-34,36-37,66-67,78H,5-9,14-17,27-29H2,1-4H3/t33-,34-/m0/s1. The molecule has 0 aliphatic heterocycles. The van der Waals surface area contributed by atoms with Gasteiger partial charge in [0.1, 0.15) is 46.7 Å². The molecular formula is C61H58F4N12O4. The average Bonchev–Trinajstić information content (AvgIpc) is 4.50. The highest BCUT2D eigenvalue weighted by Gasteiger charge is 2.34. The summed E-state index contributed by atoms with van der Waals surface area (Å²) in [7, 11) is 1.70. The van der Waals surface area contributed by atoms with Gasteiger partial charge in [-0.25, -0.2) is 33.1 Å². The first-order chi connectivity index (χ1) is 39.2. The summed E-state index contributed by atoms with van der Waals surface area (Å²) in [4.78, 5) is 19.5. The van der Waals surface area contributed by atoms with Crippen LogP contribution >= 0.6 is 0 Å². The Hall–Kier alpha value is -8.04. The molecule has 414 valence electrons. The highest BCUT2D eigenvalue weighted by Crippen LogP contribution is 2.45. The number of aliphatic hydroxyl groups is 1. The second-order valence-corrected chi connectivity index (χ2v) is 22.1. The lowest BCUT2D eigenvalue weighted by Crippen LogP contribution is -2.46. The number of aromatic nitrogens is 10. The van der Waals surface area contributed by atoms with Crippen LogP contribution in [0.1, 0.15) is 98.7 Å². The van der Waals surface area contributed by atoms with Crippen molar-refractivity contribution < 1.29 is 36.2 Å². The number of aryl methyl sites for hydroxylation is 3. The molecule has 13 rings (SSSR count). The molecule has 20 heteroatoms. The number of hydrogen-bond acceptors (Lipinski definition) is 14. The zero-order valence-corrected chi connectivity index (χ0v) is 45.1. The number of oxazole rings is 2. The summed E-state index contributed by atoms with van der Waals surface area (Å²) in [6.45, 7) is 7.57. The normalized spacial score (nSPS) is 15.9. The smallest absolute Gasteiger partial charge is 0.246 e. The summed E-state index contributed by atoms with van der Waals surface area (Å²) in [6, 6.07) is 22.4. The Morgan fingerprint density at radius 1 is 0.667 bits per heavy atom. The van der Waals surface area contributed by atoms with E-state index in [1.54, 1.807) is 42.5 Å². The van der Waals surface area contributed by atoms with Crippen LogP contribution in [0.3, 0.4) is 0 Å². The Kier molecular flexibility index (Phi) is 13.7. The van der Waals surface area contributed by atoms with E-state index in [1.165, 1.54) is 30.3 Å². The summed E-state index contributed by atoms with van der Waals surface area (Å²) >= 11 is 0. The van der Waals surface area contributed by atoms with E-state index in [9.17, 15) is 5.11 Å². The zero-order valence-electron chi connectivity index (χ0n) is 45.1. The molecule has 0 radical (unpaired) electrons. The monoisotopic (exact) mass is 1100 g/mol. The van der Waals surface area contributed by atoms with Gasteiger partial charge in [0.05, 0.1) is 11.7 Å². The highest BCUT2D eigenvalue weighted by atomic mass is 19.2. The van der Waals surface area contributed by atoms with Gasteiger partial charge in [0.2, 0.25) is 17.6 Å². The van der Waals surface area contributed by atoms with E-state index in [0.717, 1.165) is 65.7 Å². The molecule has 4 aromatic carbocycles. The second kappa shape index (κ2) is 21.1. The summed E-state index contributed by atoms with van der Waals surface area (Å²) in [5.74, 6) is -1.61. The van der Waals surface area contributed by atoms with Crippen LogP contribution in [-0.2, 0) is 30.9 Å². The molecule has 3 saturated carbocycles. The van der Waals surface area contributed by atoms with Crippen LogP contribution in [0.4, 0.5) is 17.6 Å². The summed E-state index contributed by atoms with van der Waals surface area (Å²) in [6.07, 6.45) is 9.22. The molecule has 6 heterocycles. The fourth-order valence-electron chi connectivity index (χ4n) is 10.8. The van der Waals surface area contributed by atoms with Crippen LogP contribution in [0.5, 0.6) is 0 Å². The van der Waals surface area contributed by atoms with Crippen LogP contribution < -0.4 is 10.6 Å². The van der Waals surface area contributed by atoms with Crippen LogP contribution in [0, 0.1) is 30.2 Å². The first kappa shape index (κ1) is 52.3. The number of hydrogen-bond donors (Lipinski definition) is 3. The molecule has 3 aliphatic carbocycles. The first-order valence-corrected chi connectivity index (χ1v) is 27.5. The summed E-state index contributed by atoms with van der Waals surface area (Å²) in [5.41, 5.74) is 8.60. The average molecular weight is 1100 g/mol. The van der Waals surface area contributed by atoms with Crippen molar-refractivity contribution in [3.8, 4) is 68.2 Å². The third-order valence-corrected chi connectivity index (χ3v) is 16.1. The molecule has 6 aromatic heterocycles. The van der Waals surface area contributed by atoms with Crippen LogP contribution in [-0.4, -0.2) is 86.0 Å². The summed E-state index contributed by atoms with van der Waals surface area (Å²) < 4.78 is 83.6. The van der Waals surface area contributed by atoms with Gasteiger partial charge in [-0.1, -0.05) is 18.2 Å². The van der Waals surface area contributed by atoms with Crippen molar-refractivity contribution in [2.45, 2.75) is 121 Å². The van der Waals surface area contributed by atoms with Gasteiger partial charge in [0.15, 0.2) is 28.6 Å². The minimum absolute atomic E-state index is 0.00796. The van der Waals surface area contributed by atoms with E-state index >= 15 is 17.6 Å². The molecule has 3 fully saturated rings. The second-order valence-electron chi connectivity index (χ2n) is 22.1. The molecule has 0 spiro atoms. The van der Waals surface area contributed by atoms with Crippen molar-refractivity contribution in [3.63, 3.8) is 0 Å². The van der Waals surface area contributed by atoms with Crippen LogP contribution in [0.15, 0.2) is 100 Å². The van der Waals surface area contributed by atoms with Gasteiger partial charge in [-0.05, 0) is 160 Å². The number of ether oxygens (including phenoxy) is 1. The minimum atomic E-state index is -1.17. The zero-order chi connectivity index (χ0) is 55.7. The lowest BCUT2D eigenvalue weighted by molar-refractivity contribution is -0.0315. The van der Waals surface area contributed by atoms with Crippen molar-refractivity contribution in [2.24, 2.45) is 0 Å². The first-order valence-electron chi connectivity index (χ1n) is 27.5. The lowest BCUT2D eigenvalue weighted by Gasteiger charge is -2.36. The number of rotatable bonds is 20. The molecular weight excluding hydrogens is 1040 g/mol. The fraction of sp³-hybridized carbons (Fsp3) is 0.344. The van der Waals surface area contributed by atoms with Crippen molar-refractivity contribution in [2.75, 3.05) is 13.7 Å². The van der Waals surface area contributed by atoms with Crippen LogP contribution in [0.25, 0.3) is 90.4 Å². The van der Waals surface area contributed by atoms with E-state index in [0.29, 0.717) is 81.7 Å². The van der Waals surface area contributed by atoms with Gasteiger partial charge in [-0.15, -0.1) is 20.4 Å². The van der Waals surface area contributed by atoms with Crippen molar-refractivity contribution in [3.05, 3.63) is 143 Å². The Morgan fingerprint density at radius 3 is 1.75 bits per heavy atom. The molecule has 0 unspecified atom stereocenters. The third kappa shape index (κ3) is 10.5. The SMILES string of the molecule is CO[C@@H](C)[C@H](C)NCc1cc(C)c2oc(-c3cc(-c4ccc(F)cc4-c4nncn4CCn4cnnc4-c4cc(F)ccc4-c4cc(-c5nc6cc(CNCC7(O)CCC7)c(F)c(F)c6o5)nc(C5CC5)c4)cc(C4CC4)n3)nc2c1. The fourth-order valence-corrected chi connectivity index (χ4v) is 10.8. The summed E-state index contributed by atoms with van der Waals surface area (Å²) in [5, 5.41) is 34.7. The molecule has 2 atom stereocenters. The van der Waals surface area contributed by atoms with E-state index < -0.39 is 28.9 Å². The van der Waals surface area contributed by atoms with Gasteiger partial charge in [0.25, 0.3) is 0 Å². The van der Waals surface area contributed by atoms with Gasteiger partial charge in [0, 0.05) is 85.8 Å². The Balaban J connectivity index is 0.788. The number of nitrogens with zero attached hydrogens (tertiary/aromatic N) is 10. The molecule has 81 heavy (non-hydrogen) atoms. The lowest BCUT2D eigenvalue weighted by atomic mass is 9.80. The van der Waals surface area contributed by atoms with Crippen LogP contribution in [0.2, 0.25) is 0 Å². The van der Waals surface area contributed by atoms with Crippen molar-refractivity contribution in [1.29, 1.82) is 0 Å². The predicted molar refractivity (Wildman–Crippen MR) is 295 cm³/mol. The van der Waals surface area contributed by atoms with Gasteiger partial charge < -0.3 is 38.4 Å². The highest BCUT2D eigenvalue weighted by molar-refractivity contribution is 5.85. The Labute approximate surface area is 463 Å². The molecule has 16 nitrogen and oxygen atoms in total. The molecule has 0 bridgehead atoms. The van der Waals surface area contributed by atoms with Gasteiger partial charge in [-0.2, -0.15) is 4.39 Å². The molecule has 10 aromatic rings. The predicted octanol–water partition coefficient (Wildman–Crippen LogP) is 11.8. The van der Waals surface area contributed by atoms with E-state index in [1.807, 2.05) is 42.7 Å². The maximum Gasteiger partial charge on any atom is 0.246 e. The number of fused-ring (bicyclic) bond motifs is 2. The molecule has 0 saturated heterocycles. The maximum atomic E-state index is 15.7. The van der Waals surface area contributed by atoms with E-state index in [-0.39, 0.29) is 72.7 Å². The number of benzene rings is 4. The Bertz CT molecular complexity index is 4030. The number of nitrogens with one attached hydrogen (secondary N) is 2. The topological polar surface area (TPSA) is 193 Å². The Morgan fingerprint density at radius 2 is 1.22 bits per heavy atom. The van der Waals surface area contributed by atoms with E-state index in [4.69, 9.17) is 28.5 Å². The quantitative estimate of drug-likeness (QED) is 0.0610. The molecule has 0 amide bonds. The van der Waals surface area contributed by atoms with E-state index in [2.05, 4.69) is 49.0 Å². The van der Waals surface area contributed by atoms with Gasteiger partial charge in [-0.3, -0.25) is 0 Å². The van der Waals surface area contributed by atoms with Crippen molar-refractivity contribution in [1.82, 2.24) is 60.1 Å². The largest absolute Gasteiger partial charge is 0.434 e. The third-order valence-electron chi connectivity index (χ3n) is 16.1. The minimum Gasteiger partial charge on any atom is -0.434 e. The maximum absolute atomic E-state index is 15.7. The number of halogens is 4. The molecule has 3 aliphatic rings. The van der Waals surface area contributed by atoms with Crippen molar-refractivity contribution >= 4 is 22.2 Å². The number of pyridine rings is 2.